The highest BCUT2D eigenvalue weighted by atomic mass is 16.4. The fraction of sp³-hybridized carbons (Fsp3) is 0.800. The van der Waals surface area contributed by atoms with Crippen LogP contribution < -0.4 is 10.6 Å². The Morgan fingerprint density at radius 2 is 1.87 bits per heavy atom. The molecule has 0 heterocycles. The second kappa shape index (κ2) is 7.09. The lowest BCUT2D eigenvalue weighted by Gasteiger charge is -2.13. The van der Waals surface area contributed by atoms with Crippen molar-refractivity contribution in [3.8, 4) is 0 Å². The molecule has 15 heavy (non-hydrogen) atoms. The van der Waals surface area contributed by atoms with Crippen molar-refractivity contribution in [2.24, 2.45) is 5.92 Å². The average Bonchev–Trinajstić information content (AvgIpc) is 2.17. The van der Waals surface area contributed by atoms with Crippen LogP contribution in [0.15, 0.2) is 0 Å². The first-order valence-corrected chi connectivity index (χ1v) is 5.18. The average molecular weight is 216 g/mol. The van der Waals surface area contributed by atoms with Crippen LogP contribution in [0.3, 0.4) is 0 Å². The van der Waals surface area contributed by atoms with Crippen molar-refractivity contribution < 1.29 is 14.7 Å². The van der Waals surface area contributed by atoms with E-state index in [2.05, 4.69) is 10.6 Å². The van der Waals surface area contributed by atoms with Crippen molar-refractivity contribution in [1.29, 1.82) is 0 Å². The molecule has 2 unspecified atom stereocenters. The maximum atomic E-state index is 10.9. The molecular formula is C10H20N2O3. The smallest absolute Gasteiger partial charge is 0.314 e. The highest BCUT2D eigenvalue weighted by Crippen LogP contribution is 2.09. The molecule has 0 rings (SSSR count). The molecule has 0 aliphatic rings. The predicted octanol–water partition coefficient (Wildman–Crippen LogP) is 1.19. The largest absolute Gasteiger partial charge is 0.481 e. The number of urea groups is 1. The van der Waals surface area contributed by atoms with Gasteiger partial charge in [0, 0.05) is 13.1 Å². The molecule has 0 aliphatic carbocycles. The fourth-order valence-electron chi connectivity index (χ4n) is 1.22. The minimum Gasteiger partial charge on any atom is -0.481 e. The summed E-state index contributed by atoms with van der Waals surface area (Å²) in [6.45, 7) is 3.60. The van der Waals surface area contributed by atoms with E-state index >= 15 is 0 Å². The number of carboxylic acids is 1. The summed E-state index contributed by atoms with van der Waals surface area (Å²) < 4.78 is 0. The highest BCUT2D eigenvalue weighted by molar-refractivity contribution is 5.73. The van der Waals surface area contributed by atoms with Gasteiger partial charge in [0.05, 0.1) is 5.92 Å². The SMILES string of the molecule is CNC(=O)NC(C)CCCC(C)C(=O)O. The second-order valence-corrected chi connectivity index (χ2v) is 3.79. The third-order valence-electron chi connectivity index (χ3n) is 2.30. The topological polar surface area (TPSA) is 78.4 Å². The standard InChI is InChI=1S/C10H20N2O3/c1-7(9(13)14)5-4-6-8(2)12-10(15)11-3/h7-8H,4-6H2,1-3H3,(H,13,14)(H2,11,12,15). The van der Waals surface area contributed by atoms with E-state index in [1.54, 1.807) is 14.0 Å². The summed E-state index contributed by atoms with van der Waals surface area (Å²) in [5.74, 6) is -1.07. The van der Waals surface area contributed by atoms with Gasteiger partial charge in [-0.05, 0) is 19.8 Å². The molecule has 0 aromatic heterocycles. The van der Waals surface area contributed by atoms with Gasteiger partial charge in [-0.3, -0.25) is 4.79 Å². The Balaban J connectivity index is 3.59. The normalized spacial score (nSPS) is 14.1. The Morgan fingerprint density at radius 3 is 2.33 bits per heavy atom. The second-order valence-electron chi connectivity index (χ2n) is 3.79. The number of carboxylic acid groups (broad SMARTS) is 1. The minimum absolute atomic E-state index is 0.0749. The number of nitrogens with one attached hydrogen (secondary N) is 2. The van der Waals surface area contributed by atoms with E-state index in [9.17, 15) is 9.59 Å². The maximum absolute atomic E-state index is 10.9. The number of hydrogen-bond acceptors (Lipinski definition) is 2. The van der Waals surface area contributed by atoms with E-state index in [1.165, 1.54) is 0 Å². The first kappa shape index (κ1) is 13.7. The Morgan fingerprint density at radius 1 is 1.27 bits per heavy atom. The summed E-state index contributed by atoms with van der Waals surface area (Å²) >= 11 is 0. The molecule has 0 spiro atoms. The fourth-order valence-corrected chi connectivity index (χ4v) is 1.22. The van der Waals surface area contributed by atoms with Gasteiger partial charge >= 0.3 is 12.0 Å². The molecule has 0 radical (unpaired) electrons. The van der Waals surface area contributed by atoms with Crippen LogP contribution in [0.5, 0.6) is 0 Å². The molecule has 5 heteroatoms. The van der Waals surface area contributed by atoms with Crippen molar-refractivity contribution >= 4 is 12.0 Å². The Bertz CT molecular complexity index is 219. The molecule has 88 valence electrons. The summed E-state index contributed by atoms with van der Waals surface area (Å²) in [4.78, 5) is 21.4. The number of hydrogen-bond donors (Lipinski definition) is 3. The van der Waals surface area contributed by atoms with Crippen molar-refractivity contribution in [2.45, 2.75) is 39.2 Å². The maximum Gasteiger partial charge on any atom is 0.314 e. The molecule has 2 amide bonds. The molecule has 0 aromatic rings. The van der Waals surface area contributed by atoms with Gasteiger partial charge in [0.1, 0.15) is 0 Å². The van der Waals surface area contributed by atoms with Crippen LogP contribution in [0.4, 0.5) is 4.79 Å². The molecular weight excluding hydrogens is 196 g/mol. The van der Waals surface area contributed by atoms with Gasteiger partial charge in [-0.15, -0.1) is 0 Å². The number of rotatable bonds is 6. The molecule has 0 aliphatic heterocycles. The minimum atomic E-state index is -0.762. The highest BCUT2D eigenvalue weighted by Gasteiger charge is 2.11. The molecule has 0 saturated heterocycles. The molecule has 0 fully saturated rings. The van der Waals surface area contributed by atoms with Gasteiger partial charge in [0.2, 0.25) is 0 Å². The van der Waals surface area contributed by atoms with Crippen molar-refractivity contribution in [3.05, 3.63) is 0 Å². The van der Waals surface area contributed by atoms with Crippen LogP contribution in [-0.4, -0.2) is 30.2 Å². The van der Waals surface area contributed by atoms with E-state index in [0.29, 0.717) is 6.42 Å². The van der Waals surface area contributed by atoms with Crippen LogP contribution in [0.25, 0.3) is 0 Å². The van der Waals surface area contributed by atoms with E-state index < -0.39 is 5.97 Å². The van der Waals surface area contributed by atoms with Crippen LogP contribution >= 0.6 is 0 Å². The van der Waals surface area contributed by atoms with Gasteiger partial charge in [0.15, 0.2) is 0 Å². The summed E-state index contributed by atoms with van der Waals surface area (Å²) in [7, 11) is 1.56. The molecule has 5 nitrogen and oxygen atoms in total. The summed E-state index contributed by atoms with van der Waals surface area (Å²) in [5, 5.41) is 13.9. The summed E-state index contributed by atoms with van der Waals surface area (Å²) in [6.07, 6.45) is 2.25. The van der Waals surface area contributed by atoms with Crippen molar-refractivity contribution in [1.82, 2.24) is 10.6 Å². The lowest BCUT2D eigenvalue weighted by molar-refractivity contribution is -0.141. The molecule has 2 atom stereocenters. The van der Waals surface area contributed by atoms with E-state index in [-0.39, 0.29) is 18.0 Å². The van der Waals surface area contributed by atoms with Crippen LogP contribution in [0.2, 0.25) is 0 Å². The monoisotopic (exact) mass is 216 g/mol. The zero-order valence-electron chi connectivity index (χ0n) is 9.54. The molecule has 3 N–H and O–H groups in total. The van der Waals surface area contributed by atoms with Gasteiger partial charge in [0.25, 0.3) is 0 Å². The van der Waals surface area contributed by atoms with Gasteiger partial charge < -0.3 is 15.7 Å². The van der Waals surface area contributed by atoms with Crippen molar-refractivity contribution in [3.63, 3.8) is 0 Å². The number of aliphatic carboxylic acids is 1. The van der Waals surface area contributed by atoms with Crippen LogP contribution in [0, 0.1) is 5.92 Å². The third kappa shape index (κ3) is 6.76. The molecule has 0 aromatic carbocycles. The molecule has 0 saturated carbocycles. The first-order chi connectivity index (χ1) is 6.97. The molecule has 0 bridgehead atoms. The Hall–Kier alpha value is -1.26. The zero-order chi connectivity index (χ0) is 11.8. The van der Waals surface area contributed by atoms with E-state index in [4.69, 9.17) is 5.11 Å². The van der Waals surface area contributed by atoms with Gasteiger partial charge in [-0.2, -0.15) is 0 Å². The Kier molecular flexibility index (Phi) is 6.49. The van der Waals surface area contributed by atoms with Crippen LogP contribution in [-0.2, 0) is 4.79 Å². The number of amides is 2. The summed E-state index contributed by atoms with van der Waals surface area (Å²) in [5.41, 5.74) is 0. The van der Waals surface area contributed by atoms with Crippen molar-refractivity contribution in [2.75, 3.05) is 7.05 Å². The zero-order valence-corrected chi connectivity index (χ0v) is 9.54. The number of carbonyl (C=O) groups is 2. The summed E-state index contributed by atoms with van der Waals surface area (Å²) in [6, 6.07) is -0.125. The third-order valence-corrected chi connectivity index (χ3v) is 2.30. The Labute approximate surface area is 90.2 Å². The lowest BCUT2D eigenvalue weighted by atomic mass is 10.0. The van der Waals surface area contributed by atoms with E-state index in [0.717, 1.165) is 12.8 Å². The predicted molar refractivity (Wildman–Crippen MR) is 57.7 cm³/mol. The van der Waals surface area contributed by atoms with Gasteiger partial charge in [-0.1, -0.05) is 13.3 Å². The quantitative estimate of drug-likeness (QED) is 0.624. The number of carbonyl (C=O) groups excluding carboxylic acids is 1. The van der Waals surface area contributed by atoms with Crippen LogP contribution in [0.1, 0.15) is 33.1 Å². The lowest BCUT2D eigenvalue weighted by Crippen LogP contribution is -2.38. The van der Waals surface area contributed by atoms with E-state index in [1.807, 2.05) is 6.92 Å². The first-order valence-electron chi connectivity index (χ1n) is 5.18. The van der Waals surface area contributed by atoms with Gasteiger partial charge in [-0.25, -0.2) is 4.79 Å².